The van der Waals surface area contributed by atoms with Crippen LogP contribution in [0.2, 0.25) is 0 Å². The average molecular weight is 694 g/mol. The van der Waals surface area contributed by atoms with Gasteiger partial charge < -0.3 is 0 Å². The minimum Gasteiger partial charge on any atom is -0.208 e. The summed E-state index contributed by atoms with van der Waals surface area (Å²) in [6.07, 6.45) is 4.45. The van der Waals surface area contributed by atoms with Crippen LogP contribution in [0.5, 0.6) is 0 Å². The van der Waals surface area contributed by atoms with Gasteiger partial charge in [0.05, 0.1) is 5.41 Å². The fraction of sp³-hybridized carbons (Fsp3) is 0.118. The lowest BCUT2D eigenvalue weighted by Crippen LogP contribution is -2.40. The molecular weight excluding hydrogens is 655 g/mol. The van der Waals surface area contributed by atoms with Crippen LogP contribution in [0.15, 0.2) is 169 Å². The number of allylic oxidation sites excluding steroid dienone is 4. The van der Waals surface area contributed by atoms with Gasteiger partial charge in [0.15, 0.2) is 17.5 Å². The third kappa shape index (κ3) is 4.51. The second kappa shape index (κ2) is 12.0. The van der Waals surface area contributed by atoms with Crippen molar-refractivity contribution in [3.05, 3.63) is 203 Å². The van der Waals surface area contributed by atoms with Crippen molar-refractivity contribution in [2.45, 2.75) is 38.5 Å². The second-order valence-electron chi connectivity index (χ2n) is 15.1. The molecule has 0 bridgehead atoms. The quantitative estimate of drug-likeness (QED) is 0.172. The number of aromatic nitrogens is 3. The smallest absolute Gasteiger partial charge is 0.164 e. The average Bonchev–Trinajstić information content (AvgIpc) is 3.47. The summed E-state index contributed by atoms with van der Waals surface area (Å²) >= 11 is 0. The van der Waals surface area contributed by atoms with E-state index in [1.807, 2.05) is 18.2 Å². The van der Waals surface area contributed by atoms with Crippen molar-refractivity contribution in [3.63, 3.8) is 0 Å². The van der Waals surface area contributed by atoms with Crippen LogP contribution in [0.25, 0.3) is 61.3 Å². The Morgan fingerprint density at radius 1 is 0.481 bits per heavy atom. The Labute approximate surface area is 316 Å². The van der Waals surface area contributed by atoms with Crippen molar-refractivity contribution < 1.29 is 0 Å². The molecule has 3 heteroatoms. The van der Waals surface area contributed by atoms with E-state index in [2.05, 4.69) is 173 Å². The molecule has 2 aliphatic carbocycles. The van der Waals surface area contributed by atoms with Crippen LogP contribution >= 0.6 is 0 Å². The zero-order chi connectivity index (χ0) is 36.6. The lowest BCUT2D eigenvalue weighted by molar-refractivity contribution is 0.558. The predicted octanol–water partition coefficient (Wildman–Crippen LogP) is 12.5. The highest BCUT2D eigenvalue weighted by Crippen LogP contribution is 2.62. The van der Waals surface area contributed by atoms with Crippen LogP contribution in [0, 0.1) is 0 Å². The fourth-order valence-electron chi connectivity index (χ4n) is 9.50. The summed E-state index contributed by atoms with van der Waals surface area (Å²) in [5.41, 5.74) is 12.7. The number of hydrogen-bond donors (Lipinski definition) is 0. The first-order chi connectivity index (χ1) is 26.4. The standard InChI is InChI=1S/C51H39N3/c1-5-16-37-32(2)51(43-24-13-11-22-41(43)50(3,4)42-23-12-14-25-44(42)51)45-26-15-21-40(46(37)45)49-53-47(34-18-7-6-8-19-34)52-48(54-49)36-29-30-39-35(31-36)28-27-33-17-9-10-20-38(33)39/h5-31H,1-4H3/b16-5-. The van der Waals surface area contributed by atoms with Crippen LogP contribution in [-0.4, -0.2) is 15.0 Å². The molecule has 3 nitrogen and oxygen atoms in total. The number of nitrogens with zero attached hydrogens (tertiary/aromatic N) is 3. The zero-order valence-electron chi connectivity index (χ0n) is 30.9. The lowest BCUT2D eigenvalue weighted by atomic mass is 9.55. The summed E-state index contributed by atoms with van der Waals surface area (Å²) in [6, 6.07) is 54.6. The molecule has 0 aliphatic heterocycles. The summed E-state index contributed by atoms with van der Waals surface area (Å²) in [7, 11) is 0. The van der Waals surface area contributed by atoms with Gasteiger partial charge in [0, 0.05) is 22.1 Å². The van der Waals surface area contributed by atoms with Gasteiger partial charge in [0.2, 0.25) is 0 Å². The maximum absolute atomic E-state index is 5.34. The Morgan fingerprint density at radius 2 is 1.06 bits per heavy atom. The van der Waals surface area contributed by atoms with E-state index >= 15 is 0 Å². The van der Waals surface area contributed by atoms with Crippen LogP contribution in [-0.2, 0) is 10.8 Å². The van der Waals surface area contributed by atoms with Gasteiger partial charge in [-0.3, -0.25) is 0 Å². The monoisotopic (exact) mass is 693 g/mol. The normalized spacial score (nSPS) is 15.2. The Kier molecular flexibility index (Phi) is 7.19. The van der Waals surface area contributed by atoms with Crippen LogP contribution < -0.4 is 0 Å². The van der Waals surface area contributed by atoms with Crippen molar-refractivity contribution in [2.24, 2.45) is 0 Å². The van der Waals surface area contributed by atoms with Crippen LogP contribution in [0.4, 0.5) is 0 Å². The summed E-state index contributed by atoms with van der Waals surface area (Å²) < 4.78 is 0. The molecule has 7 aromatic carbocycles. The molecule has 0 atom stereocenters. The molecule has 2 aliphatic rings. The zero-order valence-corrected chi connectivity index (χ0v) is 30.9. The van der Waals surface area contributed by atoms with Crippen molar-refractivity contribution in [3.8, 4) is 34.2 Å². The molecule has 258 valence electrons. The first-order valence-corrected chi connectivity index (χ1v) is 18.8. The molecule has 1 spiro atoms. The molecule has 0 fully saturated rings. The molecule has 0 radical (unpaired) electrons. The fourth-order valence-corrected chi connectivity index (χ4v) is 9.50. The maximum atomic E-state index is 5.34. The molecule has 0 N–H and O–H groups in total. The molecule has 0 unspecified atom stereocenters. The van der Waals surface area contributed by atoms with Gasteiger partial charge >= 0.3 is 0 Å². The highest BCUT2D eigenvalue weighted by atomic mass is 15.0. The van der Waals surface area contributed by atoms with Crippen molar-refractivity contribution in [1.82, 2.24) is 15.0 Å². The van der Waals surface area contributed by atoms with E-state index in [4.69, 9.17) is 15.0 Å². The van der Waals surface area contributed by atoms with E-state index in [0.717, 1.165) is 22.1 Å². The summed E-state index contributed by atoms with van der Waals surface area (Å²) in [6.45, 7) is 9.17. The number of fused-ring (bicyclic) bond motifs is 9. The van der Waals surface area contributed by atoms with Crippen LogP contribution in [0.3, 0.4) is 0 Å². The molecule has 1 heterocycles. The molecule has 10 rings (SSSR count). The largest absolute Gasteiger partial charge is 0.208 e. The first-order valence-electron chi connectivity index (χ1n) is 18.8. The van der Waals surface area contributed by atoms with Gasteiger partial charge in [-0.05, 0) is 86.0 Å². The Morgan fingerprint density at radius 3 is 1.78 bits per heavy atom. The van der Waals surface area contributed by atoms with Gasteiger partial charge in [0.1, 0.15) is 0 Å². The number of rotatable bonds is 4. The predicted molar refractivity (Wildman–Crippen MR) is 223 cm³/mol. The van der Waals surface area contributed by atoms with Gasteiger partial charge in [-0.25, -0.2) is 15.0 Å². The third-order valence-corrected chi connectivity index (χ3v) is 12.0. The van der Waals surface area contributed by atoms with Gasteiger partial charge in [-0.1, -0.05) is 172 Å². The number of benzene rings is 7. The van der Waals surface area contributed by atoms with Gasteiger partial charge in [-0.2, -0.15) is 0 Å². The summed E-state index contributed by atoms with van der Waals surface area (Å²) in [4.78, 5) is 15.8. The van der Waals surface area contributed by atoms with E-state index < -0.39 is 5.41 Å². The Balaban J connectivity index is 1.25. The summed E-state index contributed by atoms with van der Waals surface area (Å²) in [5, 5.41) is 4.84. The minimum atomic E-state index is -0.470. The van der Waals surface area contributed by atoms with Crippen molar-refractivity contribution in [2.75, 3.05) is 0 Å². The van der Waals surface area contributed by atoms with Crippen molar-refractivity contribution in [1.29, 1.82) is 0 Å². The van der Waals surface area contributed by atoms with E-state index in [0.29, 0.717) is 17.5 Å². The Bertz CT molecular complexity index is 2830. The van der Waals surface area contributed by atoms with E-state index in [1.54, 1.807) is 0 Å². The molecule has 8 aromatic rings. The second-order valence-corrected chi connectivity index (χ2v) is 15.1. The molecular formula is C51H39N3. The topological polar surface area (TPSA) is 38.7 Å². The highest BCUT2D eigenvalue weighted by molar-refractivity contribution is 6.08. The highest BCUT2D eigenvalue weighted by Gasteiger charge is 2.53. The van der Waals surface area contributed by atoms with Crippen LogP contribution in [0.1, 0.15) is 61.1 Å². The van der Waals surface area contributed by atoms with Gasteiger partial charge in [0.25, 0.3) is 0 Å². The molecule has 1 aromatic heterocycles. The molecule has 54 heavy (non-hydrogen) atoms. The maximum Gasteiger partial charge on any atom is 0.164 e. The lowest BCUT2D eigenvalue weighted by Gasteiger charge is -2.47. The minimum absolute atomic E-state index is 0.153. The molecule has 0 saturated carbocycles. The van der Waals surface area contributed by atoms with Gasteiger partial charge in [-0.15, -0.1) is 0 Å². The van der Waals surface area contributed by atoms with E-state index in [-0.39, 0.29) is 5.41 Å². The first kappa shape index (κ1) is 32.2. The van der Waals surface area contributed by atoms with Crippen molar-refractivity contribution >= 4 is 27.1 Å². The SMILES string of the molecule is C/C=C\C1=C(C)C2(c3ccccc3C(C)(C)c3ccccc32)c2cccc(-c3nc(-c4ccccc4)nc(-c4ccc5c(ccc6ccccc65)c4)n3)c21. The summed E-state index contributed by atoms with van der Waals surface area (Å²) in [5.74, 6) is 1.98. The van der Waals surface area contributed by atoms with E-state index in [1.165, 1.54) is 60.7 Å². The third-order valence-electron chi connectivity index (χ3n) is 12.0. The number of hydrogen-bond acceptors (Lipinski definition) is 3. The Hall–Kier alpha value is -6.45. The van der Waals surface area contributed by atoms with E-state index in [9.17, 15) is 0 Å². The molecule has 0 amide bonds. The molecule has 0 saturated heterocycles.